The van der Waals surface area contributed by atoms with Gasteiger partial charge in [0, 0.05) is 0 Å². The van der Waals surface area contributed by atoms with E-state index in [1.54, 1.807) is 0 Å². The molecule has 0 fully saturated rings. The molecule has 0 spiro atoms. The van der Waals surface area contributed by atoms with E-state index in [9.17, 15) is 13.9 Å². The molecule has 0 atom stereocenters. The second kappa shape index (κ2) is 3.35. The minimum atomic E-state index is -1.17. The first-order valence-electron chi connectivity index (χ1n) is 3.70. The summed E-state index contributed by atoms with van der Waals surface area (Å²) in [5, 5.41) is 9.52. The van der Waals surface area contributed by atoms with Crippen molar-refractivity contribution >= 4 is 15.9 Å². The van der Waals surface area contributed by atoms with Gasteiger partial charge < -0.3 is 5.11 Å². The summed E-state index contributed by atoms with van der Waals surface area (Å²) in [6.07, 6.45) is 0. The average molecular weight is 251 g/mol. The number of rotatable bonds is 1. The van der Waals surface area contributed by atoms with Crippen LogP contribution in [0.25, 0.3) is 0 Å². The molecule has 0 aliphatic rings. The highest BCUT2D eigenvalue weighted by Crippen LogP contribution is 2.26. The average Bonchev–Trinajstić information content (AvgIpc) is 1.97. The van der Waals surface area contributed by atoms with Crippen LogP contribution in [0.4, 0.5) is 8.78 Å². The molecule has 0 saturated heterocycles. The van der Waals surface area contributed by atoms with Crippen LogP contribution < -0.4 is 0 Å². The van der Waals surface area contributed by atoms with Crippen LogP contribution in [0.5, 0.6) is 0 Å². The Hall–Kier alpha value is -0.480. The molecular weight excluding hydrogens is 242 g/mol. The molecule has 0 aromatic heterocycles. The summed E-state index contributed by atoms with van der Waals surface area (Å²) in [5.74, 6) is -1.90. The Bertz CT molecular complexity index is 308. The second-order valence-electron chi connectivity index (χ2n) is 3.31. The van der Waals surface area contributed by atoms with Gasteiger partial charge in [0.15, 0.2) is 11.6 Å². The lowest BCUT2D eigenvalue weighted by Gasteiger charge is -2.18. The van der Waals surface area contributed by atoms with Crippen LogP contribution in [0.3, 0.4) is 0 Å². The van der Waals surface area contributed by atoms with Crippen molar-refractivity contribution in [2.75, 3.05) is 0 Å². The fourth-order valence-corrected chi connectivity index (χ4v) is 1.34. The minimum absolute atomic E-state index is 0.0182. The third-order valence-electron chi connectivity index (χ3n) is 1.69. The lowest BCUT2D eigenvalue weighted by molar-refractivity contribution is 0.0780. The molecule has 13 heavy (non-hydrogen) atoms. The highest BCUT2D eigenvalue weighted by molar-refractivity contribution is 9.10. The van der Waals surface area contributed by atoms with E-state index in [-0.39, 0.29) is 4.47 Å². The first kappa shape index (κ1) is 10.6. The van der Waals surface area contributed by atoms with Crippen molar-refractivity contribution in [3.63, 3.8) is 0 Å². The van der Waals surface area contributed by atoms with E-state index in [0.29, 0.717) is 5.56 Å². The van der Waals surface area contributed by atoms with Gasteiger partial charge in [0.2, 0.25) is 0 Å². The van der Waals surface area contributed by atoms with E-state index in [4.69, 9.17) is 0 Å². The van der Waals surface area contributed by atoms with Gasteiger partial charge in [-0.25, -0.2) is 8.78 Å². The first-order chi connectivity index (χ1) is 5.82. The van der Waals surface area contributed by atoms with E-state index < -0.39 is 17.2 Å². The molecule has 1 aromatic carbocycles. The lowest BCUT2D eigenvalue weighted by atomic mass is 9.98. The Balaban J connectivity index is 3.29. The largest absolute Gasteiger partial charge is 0.386 e. The molecule has 1 nitrogen and oxygen atoms in total. The van der Waals surface area contributed by atoms with Crippen molar-refractivity contribution in [1.82, 2.24) is 0 Å². The zero-order valence-electron chi connectivity index (χ0n) is 7.24. The first-order valence-corrected chi connectivity index (χ1v) is 4.49. The molecule has 0 aliphatic heterocycles. The number of hydrogen-bond donors (Lipinski definition) is 1. The molecule has 72 valence electrons. The molecular formula is C9H9BrF2O. The SMILES string of the molecule is CC(C)(O)c1cc(F)c(F)c(Br)c1. The number of hydrogen-bond acceptors (Lipinski definition) is 1. The highest BCUT2D eigenvalue weighted by atomic mass is 79.9. The summed E-state index contributed by atoms with van der Waals surface area (Å²) in [4.78, 5) is 0. The molecule has 0 heterocycles. The summed E-state index contributed by atoms with van der Waals surface area (Å²) < 4.78 is 25.7. The van der Waals surface area contributed by atoms with Crippen LogP contribution in [0.1, 0.15) is 19.4 Å². The number of aliphatic hydroxyl groups is 1. The van der Waals surface area contributed by atoms with Gasteiger partial charge in [0.1, 0.15) is 0 Å². The number of halogens is 3. The predicted molar refractivity (Wildman–Crippen MR) is 49.3 cm³/mol. The normalized spacial score (nSPS) is 11.8. The maximum absolute atomic E-state index is 12.9. The maximum atomic E-state index is 12.9. The smallest absolute Gasteiger partial charge is 0.172 e. The van der Waals surface area contributed by atoms with Crippen molar-refractivity contribution in [3.8, 4) is 0 Å². The molecule has 0 bridgehead atoms. The summed E-state index contributed by atoms with van der Waals surface area (Å²) in [6.45, 7) is 3.01. The lowest BCUT2D eigenvalue weighted by Crippen LogP contribution is -2.16. The summed E-state index contributed by atoms with van der Waals surface area (Å²) in [7, 11) is 0. The fraction of sp³-hybridized carbons (Fsp3) is 0.333. The van der Waals surface area contributed by atoms with Crippen LogP contribution in [0.15, 0.2) is 16.6 Å². The van der Waals surface area contributed by atoms with Crippen molar-refractivity contribution < 1.29 is 13.9 Å². The number of benzene rings is 1. The van der Waals surface area contributed by atoms with Gasteiger partial charge in [-0.3, -0.25) is 0 Å². The molecule has 1 aromatic rings. The van der Waals surface area contributed by atoms with Crippen LogP contribution in [0.2, 0.25) is 0 Å². The summed E-state index contributed by atoms with van der Waals surface area (Å²) in [6, 6.07) is 2.35. The fourth-order valence-electron chi connectivity index (χ4n) is 0.909. The van der Waals surface area contributed by atoms with Crippen LogP contribution in [-0.4, -0.2) is 5.11 Å². The van der Waals surface area contributed by atoms with Crippen LogP contribution >= 0.6 is 15.9 Å². The zero-order valence-corrected chi connectivity index (χ0v) is 8.82. The Morgan fingerprint density at radius 1 is 1.31 bits per heavy atom. The molecule has 1 rings (SSSR count). The molecule has 0 unspecified atom stereocenters. The van der Waals surface area contributed by atoms with Crippen molar-refractivity contribution in [3.05, 3.63) is 33.8 Å². The zero-order chi connectivity index (χ0) is 10.2. The second-order valence-corrected chi connectivity index (χ2v) is 4.17. The third-order valence-corrected chi connectivity index (χ3v) is 2.27. The molecule has 0 aliphatic carbocycles. The minimum Gasteiger partial charge on any atom is -0.386 e. The van der Waals surface area contributed by atoms with Gasteiger partial charge in [0.25, 0.3) is 0 Å². The van der Waals surface area contributed by atoms with Gasteiger partial charge >= 0.3 is 0 Å². The summed E-state index contributed by atoms with van der Waals surface area (Å²) in [5.41, 5.74) is -0.838. The highest BCUT2D eigenvalue weighted by Gasteiger charge is 2.19. The van der Waals surface area contributed by atoms with E-state index in [0.717, 1.165) is 6.07 Å². The van der Waals surface area contributed by atoms with Gasteiger partial charge in [-0.2, -0.15) is 0 Å². The van der Waals surface area contributed by atoms with Crippen molar-refractivity contribution in [2.45, 2.75) is 19.4 Å². The van der Waals surface area contributed by atoms with Gasteiger partial charge in [-0.15, -0.1) is 0 Å². The van der Waals surface area contributed by atoms with Gasteiger partial charge in [-0.05, 0) is 47.5 Å². The molecule has 1 N–H and O–H groups in total. The standard InChI is InChI=1S/C9H9BrF2O/c1-9(2,13)5-3-6(10)8(12)7(11)4-5/h3-4,13H,1-2H3. The van der Waals surface area contributed by atoms with Crippen LogP contribution in [0, 0.1) is 11.6 Å². The third kappa shape index (κ3) is 2.25. The topological polar surface area (TPSA) is 20.2 Å². The Labute approximate surface area is 83.5 Å². The van der Waals surface area contributed by atoms with Crippen molar-refractivity contribution in [2.24, 2.45) is 0 Å². The van der Waals surface area contributed by atoms with E-state index >= 15 is 0 Å². The van der Waals surface area contributed by atoms with E-state index in [1.165, 1.54) is 19.9 Å². The predicted octanol–water partition coefficient (Wildman–Crippen LogP) is 2.95. The van der Waals surface area contributed by atoms with E-state index in [1.807, 2.05) is 0 Å². The van der Waals surface area contributed by atoms with Crippen LogP contribution in [-0.2, 0) is 5.60 Å². The van der Waals surface area contributed by atoms with Crippen molar-refractivity contribution in [1.29, 1.82) is 0 Å². The maximum Gasteiger partial charge on any atom is 0.172 e. The molecule has 0 radical (unpaired) electrons. The molecule has 0 amide bonds. The Morgan fingerprint density at radius 2 is 1.85 bits per heavy atom. The quantitative estimate of drug-likeness (QED) is 0.761. The van der Waals surface area contributed by atoms with Gasteiger partial charge in [0.05, 0.1) is 10.1 Å². The Morgan fingerprint density at radius 3 is 2.23 bits per heavy atom. The Kier molecular flexibility index (Phi) is 2.73. The van der Waals surface area contributed by atoms with E-state index in [2.05, 4.69) is 15.9 Å². The summed E-state index contributed by atoms with van der Waals surface area (Å²) >= 11 is 2.86. The molecule has 4 heteroatoms. The monoisotopic (exact) mass is 250 g/mol. The van der Waals surface area contributed by atoms with Gasteiger partial charge in [-0.1, -0.05) is 0 Å². The molecule has 0 saturated carbocycles.